The molecule has 0 radical (unpaired) electrons. The number of carboxylic acids is 1. The molecule has 0 bridgehead atoms. The van der Waals surface area contributed by atoms with Crippen molar-refractivity contribution < 1.29 is 14.7 Å². The number of aliphatic carboxylic acids is 1. The van der Waals surface area contributed by atoms with Crippen LogP contribution in [0.1, 0.15) is 27.2 Å². The summed E-state index contributed by atoms with van der Waals surface area (Å²) in [7, 11) is 0. The molecule has 1 amide bonds. The lowest BCUT2D eigenvalue weighted by Crippen LogP contribution is -2.50. The van der Waals surface area contributed by atoms with Crippen LogP contribution in [0.5, 0.6) is 0 Å². The first-order valence-electron chi connectivity index (χ1n) is 4.68. The lowest BCUT2D eigenvalue weighted by Gasteiger charge is -2.19. The minimum Gasteiger partial charge on any atom is -0.480 e. The molecule has 5 nitrogen and oxygen atoms in total. The molecule has 0 saturated carbocycles. The van der Waals surface area contributed by atoms with Gasteiger partial charge in [-0.25, -0.2) is 4.79 Å². The summed E-state index contributed by atoms with van der Waals surface area (Å²) in [5, 5.41) is 11.2. The van der Waals surface area contributed by atoms with E-state index in [1.54, 1.807) is 20.8 Å². The van der Waals surface area contributed by atoms with Gasteiger partial charge in [-0.1, -0.05) is 20.8 Å². The first kappa shape index (κ1) is 12.9. The van der Waals surface area contributed by atoms with Crippen LogP contribution in [0, 0.1) is 5.92 Å². The zero-order valence-corrected chi connectivity index (χ0v) is 8.78. The molecule has 0 aromatic carbocycles. The lowest BCUT2D eigenvalue weighted by atomic mass is 10.0. The second-order valence-electron chi connectivity index (χ2n) is 3.58. The molecule has 2 unspecified atom stereocenters. The van der Waals surface area contributed by atoms with E-state index in [4.69, 9.17) is 10.8 Å². The molecule has 0 aromatic rings. The van der Waals surface area contributed by atoms with Crippen LogP contribution in [0.15, 0.2) is 0 Å². The second-order valence-corrected chi connectivity index (χ2v) is 3.58. The first-order chi connectivity index (χ1) is 6.40. The number of hydrogen-bond acceptors (Lipinski definition) is 3. The van der Waals surface area contributed by atoms with E-state index in [0.29, 0.717) is 6.42 Å². The molecule has 0 fully saturated rings. The number of nitrogens with two attached hydrogens (primary N) is 1. The molecule has 0 rings (SSSR count). The van der Waals surface area contributed by atoms with Gasteiger partial charge >= 0.3 is 5.97 Å². The molecule has 0 aliphatic rings. The Kier molecular flexibility index (Phi) is 5.15. The van der Waals surface area contributed by atoms with Crippen LogP contribution in [0.4, 0.5) is 0 Å². The Bertz CT molecular complexity index is 216. The first-order valence-corrected chi connectivity index (χ1v) is 4.68. The molecule has 0 spiro atoms. The maximum Gasteiger partial charge on any atom is 0.326 e. The van der Waals surface area contributed by atoms with Gasteiger partial charge in [-0.3, -0.25) is 4.79 Å². The normalized spacial score (nSPS) is 14.9. The fourth-order valence-electron chi connectivity index (χ4n) is 0.959. The molecule has 0 aliphatic heterocycles. The van der Waals surface area contributed by atoms with Gasteiger partial charge in [-0.15, -0.1) is 0 Å². The van der Waals surface area contributed by atoms with Crippen molar-refractivity contribution in [3.05, 3.63) is 0 Å². The van der Waals surface area contributed by atoms with Gasteiger partial charge in [0, 0.05) is 0 Å². The summed E-state index contributed by atoms with van der Waals surface area (Å²) < 4.78 is 0. The predicted molar refractivity (Wildman–Crippen MR) is 52.7 cm³/mol. The van der Waals surface area contributed by atoms with Gasteiger partial charge in [-0.2, -0.15) is 0 Å². The minimum atomic E-state index is -1.03. The van der Waals surface area contributed by atoms with Gasteiger partial charge in [0.15, 0.2) is 0 Å². The summed E-state index contributed by atoms with van der Waals surface area (Å²) in [6.45, 7) is 5.24. The largest absolute Gasteiger partial charge is 0.480 e. The van der Waals surface area contributed by atoms with Gasteiger partial charge in [0.25, 0.3) is 0 Å². The Morgan fingerprint density at radius 2 is 1.93 bits per heavy atom. The number of amides is 1. The Morgan fingerprint density at radius 1 is 1.43 bits per heavy atom. The maximum absolute atomic E-state index is 11.3. The van der Waals surface area contributed by atoms with Crippen molar-refractivity contribution in [2.24, 2.45) is 11.7 Å². The Hall–Kier alpha value is -1.10. The van der Waals surface area contributed by atoms with Crippen molar-refractivity contribution in [2.45, 2.75) is 39.3 Å². The molecular formula is C9H18N2O3. The monoisotopic (exact) mass is 202 g/mol. The SMILES string of the molecule is CCC(N)C(=O)NC(C(=O)O)C(C)C. The number of carbonyl (C=O) groups is 2. The number of carboxylic acid groups (broad SMARTS) is 1. The maximum atomic E-state index is 11.3. The molecule has 5 heteroatoms. The highest BCUT2D eigenvalue weighted by Gasteiger charge is 2.25. The Labute approximate surface area is 83.7 Å². The summed E-state index contributed by atoms with van der Waals surface area (Å²) in [4.78, 5) is 22.0. The smallest absolute Gasteiger partial charge is 0.326 e. The predicted octanol–water partition coefficient (Wildman–Crippen LogP) is -0.0509. The summed E-state index contributed by atoms with van der Waals surface area (Å²) in [5.41, 5.74) is 5.46. The van der Waals surface area contributed by atoms with Crippen molar-refractivity contribution in [1.82, 2.24) is 5.32 Å². The van der Waals surface area contributed by atoms with Crippen molar-refractivity contribution >= 4 is 11.9 Å². The summed E-state index contributed by atoms with van der Waals surface area (Å²) in [5.74, 6) is -1.59. The summed E-state index contributed by atoms with van der Waals surface area (Å²) in [6, 6.07) is -1.49. The molecule has 0 heterocycles. The molecule has 0 aliphatic carbocycles. The zero-order chi connectivity index (χ0) is 11.3. The summed E-state index contributed by atoms with van der Waals surface area (Å²) >= 11 is 0. The lowest BCUT2D eigenvalue weighted by molar-refractivity contribution is -0.143. The van der Waals surface area contributed by atoms with Crippen molar-refractivity contribution in [1.29, 1.82) is 0 Å². The van der Waals surface area contributed by atoms with Gasteiger partial charge in [0.1, 0.15) is 6.04 Å². The second kappa shape index (κ2) is 5.59. The van der Waals surface area contributed by atoms with Crippen LogP contribution in [-0.4, -0.2) is 29.1 Å². The molecule has 4 N–H and O–H groups in total. The molecule has 2 atom stereocenters. The molecule has 82 valence electrons. The van der Waals surface area contributed by atoms with Crippen molar-refractivity contribution in [2.75, 3.05) is 0 Å². The van der Waals surface area contributed by atoms with E-state index in [1.807, 2.05) is 0 Å². The fourth-order valence-corrected chi connectivity index (χ4v) is 0.959. The van der Waals surface area contributed by atoms with E-state index in [9.17, 15) is 9.59 Å². The van der Waals surface area contributed by atoms with E-state index in [2.05, 4.69) is 5.32 Å². The van der Waals surface area contributed by atoms with Gasteiger partial charge in [0.05, 0.1) is 6.04 Å². The van der Waals surface area contributed by atoms with Gasteiger partial charge < -0.3 is 16.2 Å². The van der Waals surface area contributed by atoms with Crippen molar-refractivity contribution in [3.63, 3.8) is 0 Å². The molecule has 14 heavy (non-hydrogen) atoms. The molecule has 0 aromatic heterocycles. The highest BCUT2D eigenvalue weighted by molar-refractivity contribution is 5.86. The third-order valence-corrected chi connectivity index (χ3v) is 2.01. The Morgan fingerprint density at radius 3 is 2.21 bits per heavy atom. The number of nitrogens with one attached hydrogen (secondary N) is 1. The third kappa shape index (κ3) is 3.74. The van der Waals surface area contributed by atoms with E-state index < -0.39 is 24.0 Å². The quantitative estimate of drug-likeness (QED) is 0.582. The van der Waals surface area contributed by atoms with Gasteiger partial charge in [-0.05, 0) is 12.3 Å². The minimum absolute atomic E-state index is 0.152. The van der Waals surface area contributed by atoms with E-state index in [-0.39, 0.29) is 5.92 Å². The topological polar surface area (TPSA) is 92.4 Å². The molecular weight excluding hydrogens is 184 g/mol. The van der Waals surface area contributed by atoms with Crippen LogP contribution >= 0.6 is 0 Å². The Balaban J connectivity index is 4.31. The van der Waals surface area contributed by atoms with Crippen LogP contribution < -0.4 is 11.1 Å². The number of carbonyl (C=O) groups excluding carboxylic acids is 1. The average molecular weight is 202 g/mol. The van der Waals surface area contributed by atoms with E-state index in [1.165, 1.54) is 0 Å². The van der Waals surface area contributed by atoms with Crippen LogP contribution in [-0.2, 0) is 9.59 Å². The number of hydrogen-bond donors (Lipinski definition) is 3. The van der Waals surface area contributed by atoms with E-state index >= 15 is 0 Å². The number of rotatable bonds is 5. The van der Waals surface area contributed by atoms with E-state index in [0.717, 1.165) is 0 Å². The third-order valence-electron chi connectivity index (χ3n) is 2.01. The average Bonchev–Trinajstić information content (AvgIpc) is 2.11. The zero-order valence-electron chi connectivity index (χ0n) is 8.78. The van der Waals surface area contributed by atoms with Gasteiger partial charge in [0.2, 0.25) is 5.91 Å². The highest BCUT2D eigenvalue weighted by atomic mass is 16.4. The standard InChI is InChI=1S/C9H18N2O3/c1-4-6(10)8(12)11-7(5(2)3)9(13)14/h5-7H,4,10H2,1-3H3,(H,11,12)(H,13,14). The molecule has 0 saturated heterocycles. The van der Waals surface area contributed by atoms with Crippen molar-refractivity contribution in [3.8, 4) is 0 Å². The van der Waals surface area contributed by atoms with Crippen LogP contribution in [0.3, 0.4) is 0 Å². The van der Waals surface area contributed by atoms with Crippen LogP contribution in [0.25, 0.3) is 0 Å². The van der Waals surface area contributed by atoms with Crippen LogP contribution in [0.2, 0.25) is 0 Å². The fraction of sp³-hybridized carbons (Fsp3) is 0.778. The summed E-state index contributed by atoms with van der Waals surface area (Å²) in [6.07, 6.45) is 0.496. The highest BCUT2D eigenvalue weighted by Crippen LogP contribution is 2.02.